The van der Waals surface area contributed by atoms with Crippen molar-refractivity contribution in [3.63, 3.8) is 0 Å². The number of thiazole rings is 1. The highest BCUT2D eigenvalue weighted by Gasteiger charge is 2.27. The van der Waals surface area contributed by atoms with Gasteiger partial charge in [-0.1, -0.05) is 91.0 Å². The highest BCUT2D eigenvalue weighted by molar-refractivity contribution is 7.15. The molecule has 2 heterocycles. The second kappa shape index (κ2) is 11.3. The summed E-state index contributed by atoms with van der Waals surface area (Å²) in [6.45, 7) is 1.63. The molecule has 6 heteroatoms. The number of aromatic nitrogens is 2. The van der Waals surface area contributed by atoms with E-state index in [1.807, 2.05) is 83.8 Å². The minimum absolute atomic E-state index is 0.0894. The second-order valence-corrected chi connectivity index (χ2v) is 9.53. The van der Waals surface area contributed by atoms with Gasteiger partial charge in [-0.2, -0.15) is 0 Å². The van der Waals surface area contributed by atoms with Gasteiger partial charge in [0.1, 0.15) is 0 Å². The summed E-state index contributed by atoms with van der Waals surface area (Å²) in [4.78, 5) is 21.7. The van der Waals surface area contributed by atoms with Crippen molar-refractivity contribution in [2.45, 2.75) is 12.3 Å². The molecule has 0 saturated carbocycles. The lowest BCUT2D eigenvalue weighted by atomic mass is 9.90. The van der Waals surface area contributed by atoms with Crippen LogP contribution in [0.25, 0.3) is 16.2 Å². The van der Waals surface area contributed by atoms with Crippen LogP contribution < -0.4 is 0 Å². The Kier molecular flexibility index (Phi) is 7.55. The van der Waals surface area contributed by atoms with Crippen LogP contribution in [0.5, 0.6) is 0 Å². The first-order valence-corrected chi connectivity index (χ1v) is 13.0. The van der Waals surface area contributed by atoms with E-state index in [-0.39, 0.29) is 11.8 Å². The molecule has 0 saturated heterocycles. The van der Waals surface area contributed by atoms with Crippen LogP contribution in [0.3, 0.4) is 0 Å². The average molecular weight is 496 g/mol. The van der Waals surface area contributed by atoms with E-state index in [4.69, 9.17) is 9.72 Å². The molecule has 5 rings (SSSR count). The molecule has 0 fully saturated rings. The fourth-order valence-corrected chi connectivity index (χ4v) is 5.40. The van der Waals surface area contributed by atoms with Crippen LogP contribution in [0, 0.1) is 0 Å². The molecule has 182 valence electrons. The van der Waals surface area contributed by atoms with Gasteiger partial charge in [-0.05, 0) is 11.1 Å². The molecule has 0 spiro atoms. The zero-order valence-electron chi connectivity index (χ0n) is 20.3. The molecule has 2 aromatic heterocycles. The third kappa shape index (κ3) is 5.25. The van der Waals surface area contributed by atoms with Gasteiger partial charge < -0.3 is 9.64 Å². The van der Waals surface area contributed by atoms with Crippen molar-refractivity contribution in [3.05, 3.63) is 119 Å². The molecular weight excluding hydrogens is 466 g/mol. The summed E-state index contributed by atoms with van der Waals surface area (Å²) in [5, 5.41) is 2.14. The number of benzene rings is 3. The van der Waals surface area contributed by atoms with Gasteiger partial charge in [0.15, 0.2) is 4.96 Å². The first-order chi connectivity index (χ1) is 17.7. The molecule has 36 heavy (non-hydrogen) atoms. The monoisotopic (exact) mass is 495 g/mol. The molecule has 1 amide bonds. The molecule has 0 N–H and O–H groups in total. The van der Waals surface area contributed by atoms with Gasteiger partial charge in [0.2, 0.25) is 5.91 Å². The van der Waals surface area contributed by atoms with E-state index in [1.165, 1.54) is 0 Å². The lowest BCUT2D eigenvalue weighted by molar-refractivity contribution is -0.132. The summed E-state index contributed by atoms with van der Waals surface area (Å²) in [6.07, 6.45) is 2.82. The first-order valence-electron chi connectivity index (χ1n) is 12.1. The Morgan fingerprint density at radius 3 is 2.14 bits per heavy atom. The number of nitrogens with zero attached hydrogens (tertiary/aromatic N) is 3. The number of rotatable bonds is 10. The first kappa shape index (κ1) is 24.0. The Morgan fingerprint density at radius 2 is 1.53 bits per heavy atom. The van der Waals surface area contributed by atoms with E-state index in [0.717, 1.165) is 39.5 Å². The molecule has 0 aliphatic carbocycles. The topological polar surface area (TPSA) is 46.8 Å². The Balaban J connectivity index is 1.40. The number of imidazole rings is 1. The highest BCUT2D eigenvalue weighted by Crippen LogP contribution is 2.28. The van der Waals surface area contributed by atoms with Gasteiger partial charge in [-0.3, -0.25) is 9.20 Å². The maximum Gasteiger partial charge on any atom is 0.234 e. The number of hydrogen-bond acceptors (Lipinski definition) is 4. The van der Waals surface area contributed by atoms with Crippen LogP contribution >= 0.6 is 11.3 Å². The SMILES string of the molecule is COCCN(CCc1csc2nc(-c3ccccc3)cn12)C(=O)C(c1ccccc1)c1ccccc1. The number of amides is 1. The van der Waals surface area contributed by atoms with E-state index < -0.39 is 0 Å². The van der Waals surface area contributed by atoms with Crippen LogP contribution in [0.4, 0.5) is 0 Å². The standard InChI is InChI=1S/C30H29N3O2S/c1-35-20-19-32(29(34)28(24-13-7-3-8-14-24)25-15-9-4-10-16-25)18-17-26-22-36-30-31-27(21-33(26)30)23-11-5-2-6-12-23/h2-16,21-22,28H,17-20H2,1H3. The maximum absolute atomic E-state index is 14.0. The van der Waals surface area contributed by atoms with Crippen molar-refractivity contribution in [3.8, 4) is 11.3 Å². The van der Waals surface area contributed by atoms with Crippen molar-refractivity contribution in [2.24, 2.45) is 0 Å². The summed E-state index contributed by atoms with van der Waals surface area (Å²) < 4.78 is 7.52. The summed E-state index contributed by atoms with van der Waals surface area (Å²) in [6, 6.07) is 30.3. The van der Waals surface area contributed by atoms with Gasteiger partial charge in [-0.25, -0.2) is 4.98 Å². The van der Waals surface area contributed by atoms with Gasteiger partial charge in [0.05, 0.1) is 18.2 Å². The van der Waals surface area contributed by atoms with Crippen LogP contribution in [-0.2, 0) is 16.0 Å². The van der Waals surface area contributed by atoms with Crippen molar-refractivity contribution in [1.29, 1.82) is 0 Å². The minimum atomic E-state index is -0.357. The van der Waals surface area contributed by atoms with Gasteiger partial charge in [-0.15, -0.1) is 11.3 Å². The van der Waals surface area contributed by atoms with Crippen molar-refractivity contribution in [2.75, 3.05) is 26.8 Å². The number of hydrogen-bond donors (Lipinski definition) is 0. The predicted octanol–water partition coefficient (Wildman–Crippen LogP) is 5.91. The number of carbonyl (C=O) groups is 1. The smallest absolute Gasteiger partial charge is 0.234 e. The maximum atomic E-state index is 14.0. The Bertz CT molecular complexity index is 1360. The fraction of sp³-hybridized carbons (Fsp3) is 0.200. The second-order valence-electron chi connectivity index (χ2n) is 8.69. The average Bonchev–Trinajstić information content (AvgIpc) is 3.52. The van der Waals surface area contributed by atoms with Gasteiger partial charge in [0.25, 0.3) is 0 Å². The molecule has 3 aromatic carbocycles. The Hall–Kier alpha value is -3.74. The molecule has 0 bridgehead atoms. The number of methoxy groups -OCH3 is 1. The summed E-state index contributed by atoms with van der Waals surface area (Å²) in [7, 11) is 1.67. The highest BCUT2D eigenvalue weighted by atomic mass is 32.1. The zero-order chi connectivity index (χ0) is 24.7. The molecule has 0 aliphatic heterocycles. The number of carbonyl (C=O) groups excluding carboxylic acids is 1. The van der Waals surface area contributed by atoms with Crippen molar-refractivity contribution < 1.29 is 9.53 Å². The number of ether oxygens (including phenoxy) is 1. The number of fused-ring (bicyclic) bond motifs is 1. The molecule has 0 aliphatic rings. The van der Waals surface area contributed by atoms with Crippen LogP contribution in [0.1, 0.15) is 22.7 Å². The molecule has 5 aromatic rings. The van der Waals surface area contributed by atoms with Gasteiger partial charge >= 0.3 is 0 Å². The normalized spacial score (nSPS) is 11.3. The van der Waals surface area contributed by atoms with Gasteiger partial charge in [0, 0.05) is 49.5 Å². The van der Waals surface area contributed by atoms with E-state index in [2.05, 4.69) is 28.1 Å². The zero-order valence-corrected chi connectivity index (χ0v) is 21.1. The van der Waals surface area contributed by atoms with E-state index in [9.17, 15) is 4.79 Å². The summed E-state index contributed by atoms with van der Waals surface area (Å²) in [5.74, 6) is -0.267. The minimum Gasteiger partial charge on any atom is -0.383 e. The molecule has 5 nitrogen and oxygen atoms in total. The third-order valence-corrected chi connectivity index (χ3v) is 7.27. The summed E-state index contributed by atoms with van der Waals surface area (Å²) >= 11 is 1.63. The van der Waals surface area contributed by atoms with Crippen molar-refractivity contribution in [1.82, 2.24) is 14.3 Å². The predicted molar refractivity (Wildman–Crippen MR) is 145 cm³/mol. The van der Waals surface area contributed by atoms with Crippen LogP contribution in [0.2, 0.25) is 0 Å². The quantitative estimate of drug-likeness (QED) is 0.242. The van der Waals surface area contributed by atoms with Crippen molar-refractivity contribution >= 4 is 22.2 Å². The lowest BCUT2D eigenvalue weighted by Gasteiger charge is -2.28. The molecule has 0 radical (unpaired) electrons. The Labute approximate surface area is 215 Å². The summed E-state index contributed by atoms with van der Waals surface area (Å²) in [5.41, 5.74) is 5.21. The van der Waals surface area contributed by atoms with E-state index in [1.54, 1.807) is 18.4 Å². The fourth-order valence-electron chi connectivity index (χ4n) is 4.49. The third-order valence-electron chi connectivity index (χ3n) is 6.38. The van der Waals surface area contributed by atoms with Crippen LogP contribution in [-0.4, -0.2) is 47.0 Å². The largest absolute Gasteiger partial charge is 0.383 e. The lowest BCUT2D eigenvalue weighted by Crippen LogP contribution is -2.39. The molecular formula is C30H29N3O2S. The Morgan fingerprint density at radius 1 is 0.917 bits per heavy atom. The van der Waals surface area contributed by atoms with E-state index in [0.29, 0.717) is 19.7 Å². The van der Waals surface area contributed by atoms with Crippen LogP contribution in [0.15, 0.2) is 103 Å². The molecule has 0 unspecified atom stereocenters. The van der Waals surface area contributed by atoms with E-state index >= 15 is 0 Å². The molecule has 0 atom stereocenters.